The summed E-state index contributed by atoms with van der Waals surface area (Å²) >= 11 is 5.69. The molecule has 5 nitrogen and oxygen atoms in total. The van der Waals surface area contributed by atoms with Crippen molar-refractivity contribution >= 4 is 21.6 Å². The molecule has 0 aliphatic rings. The molecule has 7 heteroatoms. The van der Waals surface area contributed by atoms with Crippen molar-refractivity contribution in [2.45, 2.75) is 51.2 Å². The van der Waals surface area contributed by atoms with Gasteiger partial charge in [-0.3, -0.25) is 0 Å². The zero-order valence-electron chi connectivity index (χ0n) is 11.0. The van der Waals surface area contributed by atoms with Gasteiger partial charge < -0.3 is 4.57 Å². The van der Waals surface area contributed by atoms with Gasteiger partial charge in [-0.2, -0.15) is 0 Å². The first kappa shape index (κ1) is 15.5. The topological polar surface area (TPSA) is 64.0 Å². The minimum atomic E-state index is -3.57. The van der Waals surface area contributed by atoms with Crippen molar-refractivity contribution in [1.29, 1.82) is 0 Å². The number of halogens is 1. The lowest BCUT2D eigenvalue weighted by Gasteiger charge is -2.12. The van der Waals surface area contributed by atoms with E-state index in [1.165, 1.54) is 0 Å². The minimum Gasteiger partial charge on any atom is -0.334 e. The molecule has 0 amide bonds. The summed E-state index contributed by atoms with van der Waals surface area (Å²) in [6.45, 7) is 6.48. The highest BCUT2D eigenvalue weighted by Gasteiger charge is 2.22. The Morgan fingerprint density at radius 3 is 2.67 bits per heavy atom. The van der Waals surface area contributed by atoms with Crippen LogP contribution in [0, 0.1) is 6.92 Å². The number of rotatable bonds is 7. The van der Waals surface area contributed by atoms with E-state index in [4.69, 9.17) is 11.6 Å². The van der Waals surface area contributed by atoms with Crippen LogP contribution in [0.1, 0.15) is 32.5 Å². The first-order chi connectivity index (χ1) is 8.44. The number of alkyl halides is 1. The quantitative estimate of drug-likeness (QED) is 0.781. The lowest BCUT2D eigenvalue weighted by atomic mass is 10.3. The molecule has 0 spiro atoms. The highest BCUT2D eigenvalue weighted by Crippen LogP contribution is 2.11. The number of imidazole rings is 1. The van der Waals surface area contributed by atoms with Gasteiger partial charge >= 0.3 is 0 Å². The van der Waals surface area contributed by atoms with Gasteiger partial charge in [0, 0.05) is 24.7 Å². The summed E-state index contributed by atoms with van der Waals surface area (Å²) in [5, 5.41) is 0.0667. The molecular weight excluding hydrogens is 274 g/mol. The van der Waals surface area contributed by atoms with E-state index in [0.717, 1.165) is 13.0 Å². The fourth-order valence-corrected chi connectivity index (χ4v) is 3.29. The van der Waals surface area contributed by atoms with Crippen molar-refractivity contribution in [3.05, 3.63) is 12.0 Å². The predicted molar refractivity (Wildman–Crippen MR) is 72.4 cm³/mol. The third-order valence-electron chi connectivity index (χ3n) is 2.69. The standard InChI is InChI=1S/C11H20ClN3O2S/c1-4-6-15-8-11(13-9(15)3)18(16,17)14-10(5-2)7-12/h8,10,14H,4-7H2,1-3H3. The summed E-state index contributed by atoms with van der Waals surface area (Å²) in [5.41, 5.74) is 0. The Morgan fingerprint density at radius 1 is 1.50 bits per heavy atom. The summed E-state index contributed by atoms with van der Waals surface area (Å²) < 4.78 is 28.6. The number of nitrogens with one attached hydrogen (secondary N) is 1. The molecule has 0 radical (unpaired) electrons. The molecule has 1 aromatic rings. The van der Waals surface area contributed by atoms with E-state index in [9.17, 15) is 8.42 Å². The summed E-state index contributed by atoms with van der Waals surface area (Å²) in [6.07, 6.45) is 3.16. The van der Waals surface area contributed by atoms with Gasteiger partial charge in [0.2, 0.25) is 0 Å². The fraction of sp³-hybridized carbons (Fsp3) is 0.727. The van der Waals surface area contributed by atoms with Gasteiger partial charge in [0.1, 0.15) is 5.82 Å². The molecule has 0 saturated carbocycles. The molecule has 0 aliphatic heterocycles. The molecule has 0 saturated heterocycles. The van der Waals surface area contributed by atoms with Gasteiger partial charge in [0.15, 0.2) is 5.03 Å². The van der Waals surface area contributed by atoms with Crippen LogP contribution >= 0.6 is 11.6 Å². The van der Waals surface area contributed by atoms with Gasteiger partial charge in [0.25, 0.3) is 10.0 Å². The summed E-state index contributed by atoms with van der Waals surface area (Å²) in [6, 6.07) is -0.256. The highest BCUT2D eigenvalue weighted by atomic mass is 35.5. The van der Waals surface area contributed by atoms with E-state index in [2.05, 4.69) is 9.71 Å². The van der Waals surface area contributed by atoms with Crippen LogP contribution in [0.4, 0.5) is 0 Å². The van der Waals surface area contributed by atoms with E-state index in [1.54, 1.807) is 13.1 Å². The van der Waals surface area contributed by atoms with Crippen LogP contribution in [0.25, 0.3) is 0 Å². The van der Waals surface area contributed by atoms with Crippen LogP contribution < -0.4 is 4.72 Å². The van der Waals surface area contributed by atoms with Gasteiger partial charge in [-0.15, -0.1) is 11.6 Å². The fourth-order valence-electron chi connectivity index (χ4n) is 1.58. The maximum atomic E-state index is 12.1. The van der Waals surface area contributed by atoms with E-state index >= 15 is 0 Å². The van der Waals surface area contributed by atoms with Crippen molar-refractivity contribution < 1.29 is 8.42 Å². The lowest BCUT2D eigenvalue weighted by Crippen LogP contribution is -2.35. The van der Waals surface area contributed by atoms with E-state index < -0.39 is 10.0 Å². The molecule has 1 atom stereocenters. The normalized spacial score (nSPS) is 13.8. The summed E-state index contributed by atoms with van der Waals surface area (Å²) in [7, 11) is -3.57. The number of aryl methyl sites for hydroxylation is 2. The molecule has 18 heavy (non-hydrogen) atoms. The van der Waals surface area contributed by atoms with Crippen LogP contribution in [0.2, 0.25) is 0 Å². The maximum absolute atomic E-state index is 12.1. The van der Waals surface area contributed by atoms with Crippen LogP contribution in [-0.2, 0) is 16.6 Å². The average molecular weight is 294 g/mol. The van der Waals surface area contributed by atoms with Crippen LogP contribution in [0.15, 0.2) is 11.2 Å². The van der Waals surface area contributed by atoms with Crippen LogP contribution in [0.3, 0.4) is 0 Å². The second kappa shape index (κ2) is 6.54. The zero-order valence-corrected chi connectivity index (χ0v) is 12.6. The average Bonchev–Trinajstić information content (AvgIpc) is 2.69. The third-order valence-corrected chi connectivity index (χ3v) is 4.46. The van der Waals surface area contributed by atoms with Crippen LogP contribution in [-0.4, -0.2) is 29.9 Å². The van der Waals surface area contributed by atoms with E-state index in [1.807, 2.05) is 18.4 Å². The first-order valence-corrected chi connectivity index (χ1v) is 8.08. The smallest absolute Gasteiger partial charge is 0.259 e. The number of hydrogen-bond donors (Lipinski definition) is 1. The number of hydrogen-bond acceptors (Lipinski definition) is 3. The Morgan fingerprint density at radius 2 is 2.17 bits per heavy atom. The monoisotopic (exact) mass is 293 g/mol. The Bertz CT molecular complexity index is 480. The Labute approximate surface area is 114 Å². The van der Waals surface area contributed by atoms with Crippen molar-refractivity contribution in [2.24, 2.45) is 0 Å². The minimum absolute atomic E-state index is 0.0667. The molecule has 1 N–H and O–H groups in total. The van der Waals surface area contributed by atoms with Crippen molar-refractivity contribution in [1.82, 2.24) is 14.3 Å². The van der Waals surface area contributed by atoms with Crippen LogP contribution in [0.5, 0.6) is 0 Å². The highest BCUT2D eigenvalue weighted by molar-refractivity contribution is 7.89. The second-order valence-corrected chi connectivity index (χ2v) is 6.17. The predicted octanol–water partition coefficient (Wildman–Crippen LogP) is 1.90. The van der Waals surface area contributed by atoms with Crippen molar-refractivity contribution in [3.8, 4) is 0 Å². The maximum Gasteiger partial charge on any atom is 0.259 e. The third kappa shape index (κ3) is 3.70. The Balaban J connectivity index is 2.94. The first-order valence-electron chi connectivity index (χ1n) is 6.06. The van der Waals surface area contributed by atoms with E-state index in [-0.39, 0.29) is 16.9 Å². The van der Waals surface area contributed by atoms with Gasteiger partial charge in [-0.25, -0.2) is 18.1 Å². The molecule has 1 aromatic heterocycles. The number of nitrogens with zero attached hydrogens (tertiary/aromatic N) is 2. The molecular formula is C11H20ClN3O2S. The molecule has 0 bridgehead atoms. The number of aromatic nitrogens is 2. The molecule has 104 valence electrons. The molecule has 1 unspecified atom stereocenters. The van der Waals surface area contributed by atoms with Crippen molar-refractivity contribution in [2.75, 3.05) is 5.88 Å². The SMILES string of the molecule is CCCn1cc(S(=O)(=O)NC(CC)CCl)nc1C. The largest absolute Gasteiger partial charge is 0.334 e. The molecule has 0 fully saturated rings. The molecule has 1 rings (SSSR count). The second-order valence-electron chi connectivity index (χ2n) is 4.20. The summed E-state index contributed by atoms with van der Waals surface area (Å²) in [5.74, 6) is 0.959. The molecule has 1 heterocycles. The summed E-state index contributed by atoms with van der Waals surface area (Å²) in [4.78, 5) is 4.09. The Hall–Kier alpha value is -0.590. The molecule has 0 aliphatic carbocycles. The Kier molecular flexibility index (Phi) is 5.62. The lowest BCUT2D eigenvalue weighted by molar-refractivity contribution is 0.554. The van der Waals surface area contributed by atoms with Gasteiger partial charge in [-0.05, 0) is 19.8 Å². The van der Waals surface area contributed by atoms with E-state index in [0.29, 0.717) is 12.2 Å². The van der Waals surface area contributed by atoms with Gasteiger partial charge in [-0.1, -0.05) is 13.8 Å². The van der Waals surface area contributed by atoms with Crippen molar-refractivity contribution in [3.63, 3.8) is 0 Å². The van der Waals surface area contributed by atoms with Gasteiger partial charge in [0.05, 0.1) is 0 Å². The zero-order chi connectivity index (χ0) is 13.8. The number of sulfonamides is 1. The molecule has 0 aromatic carbocycles.